The van der Waals surface area contributed by atoms with E-state index in [4.69, 9.17) is 0 Å². The third kappa shape index (κ3) is 2.87. The number of hydrogen-bond acceptors (Lipinski definition) is 1. The van der Waals surface area contributed by atoms with Crippen LogP contribution < -0.4 is 5.32 Å². The summed E-state index contributed by atoms with van der Waals surface area (Å²) in [4.78, 5) is 10.5. The van der Waals surface area contributed by atoms with Crippen molar-refractivity contribution in [1.82, 2.24) is 5.32 Å². The largest absolute Gasteiger partial charge is 0.343 e. The molecular weight excluding hydrogens is 238 g/mol. The van der Waals surface area contributed by atoms with Gasteiger partial charge in [-0.25, -0.2) is 0 Å². The molecule has 1 rings (SSSR count). The Kier molecular flexibility index (Phi) is 3.62. The van der Waals surface area contributed by atoms with Crippen LogP contribution in [0.1, 0.15) is 5.56 Å². The number of benzene rings is 1. The summed E-state index contributed by atoms with van der Waals surface area (Å²) >= 11 is 6.97. The molecule has 1 aromatic carbocycles. The number of carbonyl (C=O) groups is 1. The Labute approximate surface area is 84.9 Å². The van der Waals surface area contributed by atoms with E-state index in [0.29, 0.717) is 6.54 Å². The molecule has 0 bridgehead atoms. The fourth-order valence-electron chi connectivity index (χ4n) is 0.813. The van der Waals surface area contributed by atoms with Gasteiger partial charge in [0, 0.05) is 11.0 Å². The second kappa shape index (κ2) is 4.52. The molecule has 0 spiro atoms. The smallest absolute Gasteiger partial charge is 0.276 e. The van der Waals surface area contributed by atoms with E-state index in [0.717, 1.165) is 10.0 Å². The summed E-state index contributed by atoms with van der Waals surface area (Å²) in [6, 6.07) is 7.72. The molecule has 1 aromatic rings. The van der Waals surface area contributed by atoms with Crippen LogP contribution in [-0.4, -0.2) is 5.24 Å². The SMILES string of the molecule is O=C(S)NCc1ccccc1Br. The van der Waals surface area contributed by atoms with Gasteiger partial charge < -0.3 is 5.32 Å². The Morgan fingerprint density at radius 3 is 2.75 bits per heavy atom. The van der Waals surface area contributed by atoms with E-state index < -0.39 is 0 Å². The van der Waals surface area contributed by atoms with Crippen LogP contribution in [0.4, 0.5) is 4.79 Å². The van der Waals surface area contributed by atoms with Gasteiger partial charge in [0.05, 0.1) is 0 Å². The first kappa shape index (κ1) is 9.61. The van der Waals surface area contributed by atoms with E-state index >= 15 is 0 Å². The highest BCUT2D eigenvalue weighted by Crippen LogP contribution is 2.15. The van der Waals surface area contributed by atoms with Crippen molar-refractivity contribution in [3.05, 3.63) is 34.3 Å². The summed E-state index contributed by atoms with van der Waals surface area (Å²) in [7, 11) is 0. The average molecular weight is 246 g/mol. The predicted molar refractivity (Wildman–Crippen MR) is 55.4 cm³/mol. The zero-order valence-corrected chi connectivity index (χ0v) is 8.73. The number of hydrogen-bond donors (Lipinski definition) is 2. The molecule has 0 aliphatic carbocycles. The molecule has 0 atom stereocenters. The molecule has 2 nitrogen and oxygen atoms in total. The summed E-state index contributed by atoms with van der Waals surface area (Å²) in [6.45, 7) is 0.504. The standard InChI is InChI=1S/C8H8BrNOS/c9-7-4-2-1-3-6(7)5-10-8(11)12/h1-4H,5H2,(H2,10,11,12). The minimum atomic E-state index is -0.314. The fourth-order valence-corrected chi connectivity index (χ4v) is 1.32. The minimum absolute atomic E-state index is 0.314. The van der Waals surface area contributed by atoms with Crippen molar-refractivity contribution >= 4 is 33.8 Å². The molecule has 0 aliphatic heterocycles. The average Bonchev–Trinajstić information content (AvgIpc) is 2.03. The number of amides is 1. The molecule has 0 aliphatic rings. The van der Waals surface area contributed by atoms with Crippen molar-refractivity contribution in [1.29, 1.82) is 0 Å². The van der Waals surface area contributed by atoms with E-state index in [1.165, 1.54) is 0 Å². The van der Waals surface area contributed by atoms with Gasteiger partial charge in [-0.3, -0.25) is 4.79 Å². The van der Waals surface area contributed by atoms with Crippen molar-refractivity contribution < 1.29 is 4.79 Å². The van der Waals surface area contributed by atoms with Gasteiger partial charge in [-0.15, -0.1) is 0 Å². The normalized spacial score (nSPS) is 9.50. The van der Waals surface area contributed by atoms with E-state index in [2.05, 4.69) is 33.9 Å². The monoisotopic (exact) mass is 245 g/mol. The van der Waals surface area contributed by atoms with Crippen molar-refractivity contribution in [3.63, 3.8) is 0 Å². The number of nitrogens with one attached hydrogen (secondary N) is 1. The minimum Gasteiger partial charge on any atom is -0.343 e. The quantitative estimate of drug-likeness (QED) is 0.771. The highest BCUT2D eigenvalue weighted by atomic mass is 79.9. The van der Waals surface area contributed by atoms with E-state index in [1.54, 1.807) is 0 Å². The van der Waals surface area contributed by atoms with Crippen LogP contribution in [0.3, 0.4) is 0 Å². The topological polar surface area (TPSA) is 29.1 Å². The molecule has 0 radical (unpaired) electrons. The van der Waals surface area contributed by atoms with Crippen LogP contribution in [0.5, 0.6) is 0 Å². The molecular formula is C8H8BrNOS. The zero-order chi connectivity index (χ0) is 8.97. The first-order valence-electron chi connectivity index (χ1n) is 3.40. The number of rotatable bonds is 2. The lowest BCUT2D eigenvalue weighted by Crippen LogP contribution is -2.15. The highest BCUT2D eigenvalue weighted by molar-refractivity contribution is 9.10. The first-order valence-corrected chi connectivity index (χ1v) is 4.64. The lowest BCUT2D eigenvalue weighted by Gasteiger charge is -2.03. The third-order valence-corrected chi connectivity index (χ3v) is 2.32. The van der Waals surface area contributed by atoms with Crippen LogP contribution in [0.2, 0.25) is 0 Å². The first-order chi connectivity index (χ1) is 5.70. The maximum absolute atomic E-state index is 10.5. The van der Waals surface area contributed by atoms with E-state index in [1.807, 2.05) is 24.3 Å². The van der Waals surface area contributed by atoms with Crippen LogP contribution in [0.25, 0.3) is 0 Å². The number of halogens is 1. The van der Waals surface area contributed by atoms with Crippen molar-refractivity contribution in [3.8, 4) is 0 Å². The molecule has 4 heteroatoms. The maximum atomic E-state index is 10.5. The Hall–Kier alpha value is -0.480. The molecule has 0 aromatic heterocycles. The van der Waals surface area contributed by atoms with E-state index in [-0.39, 0.29) is 5.24 Å². The van der Waals surface area contributed by atoms with Crippen LogP contribution in [0.15, 0.2) is 28.7 Å². The van der Waals surface area contributed by atoms with Crippen molar-refractivity contribution in [2.75, 3.05) is 0 Å². The fraction of sp³-hybridized carbons (Fsp3) is 0.125. The molecule has 0 saturated heterocycles. The maximum Gasteiger partial charge on any atom is 0.276 e. The van der Waals surface area contributed by atoms with E-state index in [9.17, 15) is 4.79 Å². The molecule has 0 fully saturated rings. The van der Waals surface area contributed by atoms with Gasteiger partial charge in [0.15, 0.2) is 0 Å². The molecule has 64 valence electrons. The van der Waals surface area contributed by atoms with Crippen LogP contribution in [-0.2, 0) is 6.54 Å². The summed E-state index contributed by atoms with van der Waals surface area (Å²) in [5.41, 5.74) is 1.04. The van der Waals surface area contributed by atoms with Crippen molar-refractivity contribution in [2.45, 2.75) is 6.54 Å². The van der Waals surface area contributed by atoms with Crippen LogP contribution in [0, 0.1) is 0 Å². The molecule has 0 saturated carbocycles. The Morgan fingerprint density at radius 2 is 2.17 bits per heavy atom. The number of carbonyl (C=O) groups excluding carboxylic acids is 1. The van der Waals surface area contributed by atoms with Gasteiger partial charge in [0.25, 0.3) is 5.24 Å². The molecule has 0 unspecified atom stereocenters. The third-order valence-electron chi connectivity index (χ3n) is 1.39. The molecule has 12 heavy (non-hydrogen) atoms. The predicted octanol–water partition coefficient (Wildman–Crippen LogP) is 2.59. The Bertz CT molecular complexity index is 290. The summed E-state index contributed by atoms with van der Waals surface area (Å²) < 4.78 is 0.993. The molecule has 1 N–H and O–H groups in total. The van der Waals surface area contributed by atoms with Crippen molar-refractivity contribution in [2.24, 2.45) is 0 Å². The van der Waals surface area contributed by atoms with Gasteiger partial charge in [0.2, 0.25) is 0 Å². The summed E-state index contributed by atoms with van der Waals surface area (Å²) in [5, 5.41) is 2.28. The lowest BCUT2D eigenvalue weighted by atomic mass is 10.2. The second-order valence-corrected chi connectivity index (χ2v) is 3.51. The highest BCUT2D eigenvalue weighted by Gasteiger charge is 1.98. The Balaban J connectivity index is 2.63. The molecule has 1 amide bonds. The van der Waals surface area contributed by atoms with Crippen LogP contribution >= 0.6 is 28.6 Å². The van der Waals surface area contributed by atoms with Gasteiger partial charge >= 0.3 is 0 Å². The number of thiol groups is 1. The lowest BCUT2D eigenvalue weighted by molar-refractivity contribution is 0.260. The van der Waals surface area contributed by atoms with Gasteiger partial charge in [-0.05, 0) is 11.6 Å². The summed E-state index contributed by atoms with van der Waals surface area (Å²) in [5.74, 6) is 0. The Morgan fingerprint density at radius 1 is 1.50 bits per heavy atom. The zero-order valence-electron chi connectivity index (χ0n) is 6.25. The second-order valence-electron chi connectivity index (χ2n) is 2.25. The molecule has 0 heterocycles. The van der Waals surface area contributed by atoms with Gasteiger partial charge in [-0.1, -0.05) is 46.8 Å². The summed E-state index contributed by atoms with van der Waals surface area (Å²) in [6.07, 6.45) is 0. The van der Waals surface area contributed by atoms with Gasteiger partial charge in [0.1, 0.15) is 0 Å². The van der Waals surface area contributed by atoms with Gasteiger partial charge in [-0.2, -0.15) is 0 Å².